The monoisotopic (exact) mass is 484 g/mol. The molecule has 0 saturated carbocycles. The topological polar surface area (TPSA) is 53.3 Å². The molecule has 170 valence electrons. The number of rotatable bonds is 4. The summed E-state index contributed by atoms with van der Waals surface area (Å²) < 4.78 is 45.7. The number of fused-ring (bicyclic) bond motifs is 1. The third kappa shape index (κ3) is 4.82. The van der Waals surface area contributed by atoms with Gasteiger partial charge in [0.1, 0.15) is 0 Å². The maximum atomic E-state index is 13.5. The molecule has 1 heterocycles. The molecule has 0 bridgehead atoms. The molecule has 3 rings (SSSR count). The van der Waals surface area contributed by atoms with Crippen molar-refractivity contribution in [3.05, 3.63) is 63.1 Å². The second kappa shape index (κ2) is 9.60. The van der Waals surface area contributed by atoms with Crippen molar-refractivity contribution in [1.29, 1.82) is 5.26 Å². The van der Waals surface area contributed by atoms with Crippen LogP contribution in [0.5, 0.6) is 0 Å². The first-order valence-electron chi connectivity index (χ1n) is 10.1. The Kier molecular flexibility index (Phi) is 7.26. The molecular weight excluding hydrogens is 464 g/mol. The van der Waals surface area contributed by atoms with E-state index in [1.54, 1.807) is 19.1 Å². The number of alkyl halides is 3. The van der Waals surface area contributed by atoms with Gasteiger partial charge in [0.2, 0.25) is 0 Å². The molecule has 0 fully saturated rings. The number of hydrogen-bond acceptors (Lipinski definition) is 3. The molecule has 9 heteroatoms. The Morgan fingerprint density at radius 1 is 1.22 bits per heavy atom. The van der Waals surface area contributed by atoms with E-state index < -0.39 is 29.7 Å². The van der Waals surface area contributed by atoms with Crippen LogP contribution in [0.1, 0.15) is 55.2 Å². The maximum absolute atomic E-state index is 13.5. The van der Waals surface area contributed by atoms with Crippen molar-refractivity contribution in [2.45, 2.75) is 50.7 Å². The lowest BCUT2D eigenvalue weighted by Gasteiger charge is -2.41. The molecule has 2 aromatic carbocycles. The number of nitrogens with zero attached hydrogens (tertiary/aromatic N) is 2. The molecule has 32 heavy (non-hydrogen) atoms. The highest BCUT2D eigenvalue weighted by molar-refractivity contribution is 6.34. The van der Waals surface area contributed by atoms with E-state index in [4.69, 9.17) is 27.9 Å². The number of halogens is 5. The van der Waals surface area contributed by atoms with Crippen LogP contribution in [-0.4, -0.2) is 18.7 Å². The molecule has 0 unspecified atom stereocenters. The van der Waals surface area contributed by atoms with Crippen molar-refractivity contribution in [3.63, 3.8) is 0 Å². The molecule has 0 aliphatic carbocycles. The summed E-state index contributed by atoms with van der Waals surface area (Å²) in [4.78, 5) is 14.1. The summed E-state index contributed by atoms with van der Waals surface area (Å²) in [7, 11) is 0. The minimum Gasteiger partial charge on any atom is -0.449 e. The average molecular weight is 485 g/mol. The molecule has 1 aliphatic rings. The molecule has 0 N–H and O–H groups in total. The lowest BCUT2D eigenvalue weighted by molar-refractivity contribution is -0.137. The Labute approximate surface area is 194 Å². The van der Waals surface area contributed by atoms with Gasteiger partial charge in [-0.05, 0) is 67.3 Å². The van der Waals surface area contributed by atoms with Gasteiger partial charge in [0.25, 0.3) is 0 Å². The van der Waals surface area contributed by atoms with Crippen molar-refractivity contribution >= 4 is 35.0 Å². The summed E-state index contributed by atoms with van der Waals surface area (Å²) in [6, 6.07) is 9.82. The molecule has 4 nitrogen and oxygen atoms in total. The minimum atomic E-state index is -4.57. The fourth-order valence-corrected chi connectivity index (χ4v) is 4.77. The van der Waals surface area contributed by atoms with Crippen LogP contribution in [0, 0.1) is 11.3 Å². The molecular formula is C23H21Cl2F3N2O2. The summed E-state index contributed by atoms with van der Waals surface area (Å²) in [5.74, 6) is -1.42. The first-order valence-corrected chi connectivity index (χ1v) is 10.9. The summed E-state index contributed by atoms with van der Waals surface area (Å²) in [5.41, 5.74) is 0.242. The second-order valence-corrected chi connectivity index (χ2v) is 8.43. The zero-order valence-electron chi connectivity index (χ0n) is 17.4. The number of carbonyl (C=O) groups excluding carboxylic acids is 1. The third-order valence-electron chi connectivity index (χ3n) is 5.63. The predicted octanol–water partition coefficient (Wildman–Crippen LogP) is 7.55. The third-order valence-corrected chi connectivity index (χ3v) is 6.06. The van der Waals surface area contributed by atoms with Crippen LogP contribution in [0.25, 0.3) is 0 Å². The van der Waals surface area contributed by atoms with Gasteiger partial charge in [-0.15, -0.1) is 0 Å². The van der Waals surface area contributed by atoms with Crippen LogP contribution in [-0.2, 0) is 10.9 Å². The van der Waals surface area contributed by atoms with E-state index in [0.29, 0.717) is 27.7 Å². The molecule has 0 radical (unpaired) electrons. The largest absolute Gasteiger partial charge is 0.449 e. The van der Waals surface area contributed by atoms with E-state index in [0.717, 1.165) is 12.1 Å². The molecule has 1 aliphatic heterocycles. The number of benzene rings is 2. The summed E-state index contributed by atoms with van der Waals surface area (Å²) in [6.07, 6.45) is -4.38. The highest BCUT2D eigenvalue weighted by Gasteiger charge is 2.42. The van der Waals surface area contributed by atoms with Crippen LogP contribution < -0.4 is 4.90 Å². The average Bonchev–Trinajstić information content (AvgIpc) is 2.72. The summed E-state index contributed by atoms with van der Waals surface area (Å²) in [5, 5.41) is 10.7. The van der Waals surface area contributed by atoms with Crippen molar-refractivity contribution < 1.29 is 22.7 Å². The highest BCUT2D eigenvalue weighted by atomic mass is 35.5. The van der Waals surface area contributed by atoms with E-state index in [1.165, 1.54) is 17.0 Å². The van der Waals surface area contributed by atoms with Crippen molar-refractivity contribution in [2.24, 2.45) is 0 Å². The van der Waals surface area contributed by atoms with Gasteiger partial charge >= 0.3 is 12.3 Å². The van der Waals surface area contributed by atoms with Crippen molar-refractivity contribution in [3.8, 4) is 6.07 Å². The minimum absolute atomic E-state index is 0.132. The Bertz CT molecular complexity index is 1030. The number of anilines is 1. The van der Waals surface area contributed by atoms with Gasteiger partial charge in [-0.3, -0.25) is 4.90 Å². The van der Waals surface area contributed by atoms with Gasteiger partial charge in [-0.2, -0.15) is 18.4 Å². The molecule has 0 spiro atoms. The van der Waals surface area contributed by atoms with Crippen LogP contribution in [0.4, 0.5) is 23.7 Å². The lowest BCUT2D eigenvalue weighted by Crippen LogP contribution is -2.45. The first-order chi connectivity index (χ1) is 15.1. The quantitative estimate of drug-likeness (QED) is 0.449. The molecule has 2 aromatic rings. The summed E-state index contributed by atoms with van der Waals surface area (Å²) >= 11 is 12.2. The van der Waals surface area contributed by atoms with Crippen molar-refractivity contribution in [2.75, 3.05) is 11.5 Å². The van der Waals surface area contributed by atoms with E-state index in [1.807, 2.05) is 6.92 Å². The molecule has 0 aromatic heterocycles. The zero-order chi connectivity index (χ0) is 23.6. The predicted molar refractivity (Wildman–Crippen MR) is 117 cm³/mol. The van der Waals surface area contributed by atoms with Crippen LogP contribution in [0.2, 0.25) is 10.0 Å². The van der Waals surface area contributed by atoms with Gasteiger partial charge < -0.3 is 4.74 Å². The SMILES string of the molecule is CCOC(=O)N1c2ccc(C(F)(F)F)cc2[C@H]([C@@H](C#N)c2cc(Cl)cc(Cl)c2)C[C@H]1CC. The van der Waals surface area contributed by atoms with Gasteiger partial charge in [0.05, 0.1) is 29.8 Å². The Hall–Kier alpha value is -2.43. The van der Waals surface area contributed by atoms with Crippen molar-refractivity contribution in [1.82, 2.24) is 0 Å². The Balaban J connectivity index is 2.21. The molecule has 0 saturated heterocycles. The second-order valence-electron chi connectivity index (χ2n) is 7.55. The van der Waals surface area contributed by atoms with Crippen LogP contribution in [0.3, 0.4) is 0 Å². The summed E-state index contributed by atoms with van der Waals surface area (Å²) in [6.45, 7) is 3.67. The van der Waals surface area contributed by atoms with E-state index >= 15 is 0 Å². The lowest BCUT2D eigenvalue weighted by atomic mass is 9.74. The number of amides is 1. The fourth-order valence-electron chi connectivity index (χ4n) is 4.23. The maximum Gasteiger partial charge on any atom is 0.416 e. The smallest absolute Gasteiger partial charge is 0.416 e. The van der Waals surface area contributed by atoms with Crippen LogP contribution >= 0.6 is 23.2 Å². The number of ether oxygens (including phenoxy) is 1. The van der Waals surface area contributed by atoms with E-state index in [9.17, 15) is 23.2 Å². The van der Waals surface area contributed by atoms with Gasteiger partial charge in [-0.1, -0.05) is 30.1 Å². The van der Waals surface area contributed by atoms with Gasteiger partial charge in [0.15, 0.2) is 0 Å². The number of carbonyl (C=O) groups is 1. The first kappa shape index (κ1) is 24.2. The highest BCUT2D eigenvalue weighted by Crippen LogP contribution is 2.48. The molecule has 3 atom stereocenters. The Morgan fingerprint density at radius 2 is 1.88 bits per heavy atom. The van der Waals surface area contributed by atoms with Crippen LogP contribution in [0.15, 0.2) is 36.4 Å². The van der Waals surface area contributed by atoms with Gasteiger partial charge in [-0.25, -0.2) is 4.79 Å². The zero-order valence-corrected chi connectivity index (χ0v) is 18.9. The number of nitriles is 1. The fraction of sp³-hybridized carbons (Fsp3) is 0.391. The van der Waals surface area contributed by atoms with Gasteiger partial charge in [0, 0.05) is 22.0 Å². The van der Waals surface area contributed by atoms with E-state index in [-0.39, 0.29) is 24.6 Å². The van der Waals surface area contributed by atoms with E-state index in [2.05, 4.69) is 6.07 Å². The number of hydrogen-bond donors (Lipinski definition) is 0. The molecule has 1 amide bonds. The Morgan fingerprint density at radius 3 is 2.41 bits per heavy atom. The normalized spacial score (nSPS) is 19.1. The standard InChI is InChI=1S/C23H21Cl2F3N2O2/c1-3-17-11-18(20(12-29)13-7-15(24)10-16(25)8-13)19-9-14(23(26,27)28)5-6-21(19)30(17)22(31)32-4-2/h5-10,17-18,20H,3-4,11H2,1-2H3/t17-,18-,20+/m1/s1.